The van der Waals surface area contributed by atoms with Gasteiger partial charge in [-0.15, -0.1) is 0 Å². The van der Waals surface area contributed by atoms with Crippen LogP contribution >= 0.6 is 0 Å². The van der Waals surface area contributed by atoms with Gasteiger partial charge in [-0.3, -0.25) is 4.90 Å². The molecule has 0 radical (unpaired) electrons. The fourth-order valence-electron chi connectivity index (χ4n) is 4.71. The summed E-state index contributed by atoms with van der Waals surface area (Å²) in [5, 5.41) is 3.93. The molecule has 0 aliphatic carbocycles. The summed E-state index contributed by atoms with van der Waals surface area (Å²) < 4.78 is 5.68. The van der Waals surface area contributed by atoms with Crippen LogP contribution in [0.5, 0.6) is 0 Å². The summed E-state index contributed by atoms with van der Waals surface area (Å²) in [7, 11) is 0. The average molecular weight is 365 g/mol. The largest absolute Gasteiger partial charge is 0.381 e. The Morgan fingerprint density at radius 2 is 1.70 bits per heavy atom. The van der Waals surface area contributed by atoms with Gasteiger partial charge in [0.1, 0.15) is 0 Å². The number of nitrogens with zero attached hydrogens (tertiary/aromatic N) is 1. The van der Waals surface area contributed by atoms with Crippen molar-refractivity contribution in [3.05, 3.63) is 71.8 Å². The third-order valence-electron chi connectivity index (χ3n) is 6.61. The Balaban J connectivity index is 1.38. The third kappa shape index (κ3) is 4.26. The standard InChI is InChI=1S/C24H32N2O/c1-20(21-8-4-2-5-9-21)26-15-12-23(18-26)25-19-24(13-16-27-17-14-24)22-10-6-3-7-11-22/h2-11,20,23,25H,12-19H2,1H3/t20-,23+/m0/s1. The summed E-state index contributed by atoms with van der Waals surface area (Å²) in [6, 6.07) is 23.0. The van der Waals surface area contributed by atoms with Crippen LogP contribution in [0, 0.1) is 0 Å². The molecule has 144 valence electrons. The van der Waals surface area contributed by atoms with E-state index in [1.165, 1.54) is 24.1 Å². The molecule has 2 aliphatic rings. The molecular weight excluding hydrogens is 332 g/mol. The lowest BCUT2D eigenvalue weighted by atomic mass is 9.74. The summed E-state index contributed by atoms with van der Waals surface area (Å²) in [5.74, 6) is 0. The van der Waals surface area contributed by atoms with Crippen molar-refractivity contribution in [2.45, 2.75) is 43.7 Å². The van der Waals surface area contributed by atoms with Gasteiger partial charge in [-0.05, 0) is 37.3 Å². The van der Waals surface area contributed by atoms with Gasteiger partial charge in [0.05, 0.1) is 0 Å². The number of ether oxygens (including phenoxy) is 1. The highest BCUT2D eigenvalue weighted by molar-refractivity contribution is 5.27. The number of hydrogen-bond donors (Lipinski definition) is 1. The molecule has 27 heavy (non-hydrogen) atoms. The minimum Gasteiger partial charge on any atom is -0.381 e. The predicted molar refractivity (Wildman–Crippen MR) is 111 cm³/mol. The highest BCUT2D eigenvalue weighted by Gasteiger charge is 2.36. The van der Waals surface area contributed by atoms with E-state index >= 15 is 0 Å². The number of likely N-dealkylation sites (tertiary alicyclic amines) is 1. The summed E-state index contributed by atoms with van der Waals surface area (Å²) in [5.41, 5.74) is 3.11. The third-order valence-corrected chi connectivity index (χ3v) is 6.61. The molecule has 0 amide bonds. The summed E-state index contributed by atoms with van der Waals surface area (Å²) in [4.78, 5) is 2.62. The first-order valence-electron chi connectivity index (χ1n) is 10.4. The monoisotopic (exact) mass is 364 g/mol. The van der Waals surface area contributed by atoms with E-state index < -0.39 is 0 Å². The van der Waals surface area contributed by atoms with Gasteiger partial charge in [-0.1, -0.05) is 60.7 Å². The highest BCUT2D eigenvalue weighted by Crippen LogP contribution is 2.34. The lowest BCUT2D eigenvalue weighted by molar-refractivity contribution is 0.0489. The van der Waals surface area contributed by atoms with Gasteiger partial charge >= 0.3 is 0 Å². The van der Waals surface area contributed by atoms with Crippen LogP contribution in [0.1, 0.15) is 43.4 Å². The van der Waals surface area contributed by atoms with E-state index in [9.17, 15) is 0 Å². The molecule has 1 N–H and O–H groups in total. The maximum absolute atomic E-state index is 5.68. The second-order valence-electron chi connectivity index (χ2n) is 8.21. The van der Waals surface area contributed by atoms with Crippen LogP contribution in [-0.2, 0) is 10.2 Å². The first kappa shape index (κ1) is 18.7. The topological polar surface area (TPSA) is 24.5 Å². The predicted octanol–water partition coefficient (Wildman–Crippen LogP) is 4.16. The fourth-order valence-corrected chi connectivity index (χ4v) is 4.71. The normalized spacial score (nSPS) is 24.0. The zero-order valence-corrected chi connectivity index (χ0v) is 16.4. The van der Waals surface area contributed by atoms with Gasteiger partial charge in [-0.2, -0.15) is 0 Å². The molecule has 4 rings (SSSR count). The molecule has 2 saturated heterocycles. The van der Waals surface area contributed by atoms with Gasteiger partial charge < -0.3 is 10.1 Å². The van der Waals surface area contributed by atoms with Crippen molar-refractivity contribution < 1.29 is 4.74 Å². The SMILES string of the molecule is C[C@@H](c1ccccc1)N1CC[C@@H](NCC2(c3ccccc3)CCOCC2)C1. The van der Waals surface area contributed by atoms with Crippen molar-refractivity contribution >= 4 is 0 Å². The first-order valence-corrected chi connectivity index (χ1v) is 10.4. The Morgan fingerprint density at radius 3 is 2.41 bits per heavy atom. The maximum Gasteiger partial charge on any atom is 0.0475 e. The van der Waals surface area contributed by atoms with E-state index in [-0.39, 0.29) is 5.41 Å². The highest BCUT2D eigenvalue weighted by atomic mass is 16.5. The van der Waals surface area contributed by atoms with E-state index in [0.717, 1.165) is 39.1 Å². The smallest absolute Gasteiger partial charge is 0.0475 e. The summed E-state index contributed by atoms with van der Waals surface area (Å²) >= 11 is 0. The van der Waals surface area contributed by atoms with Crippen LogP contribution in [-0.4, -0.2) is 43.8 Å². The average Bonchev–Trinajstić information content (AvgIpc) is 3.23. The van der Waals surface area contributed by atoms with Crippen molar-refractivity contribution in [3.8, 4) is 0 Å². The van der Waals surface area contributed by atoms with Crippen molar-refractivity contribution in [1.82, 2.24) is 10.2 Å². The molecule has 0 aromatic heterocycles. The molecular formula is C24H32N2O. The van der Waals surface area contributed by atoms with Gasteiger partial charge in [0.2, 0.25) is 0 Å². The molecule has 0 bridgehead atoms. The van der Waals surface area contributed by atoms with Crippen LogP contribution in [0.3, 0.4) is 0 Å². The van der Waals surface area contributed by atoms with Gasteiger partial charge in [0.15, 0.2) is 0 Å². The Bertz CT molecular complexity index is 697. The zero-order chi connectivity index (χ0) is 18.5. The van der Waals surface area contributed by atoms with Crippen LogP contribution in [0.2, 0.25) is 0 Å². The van der Waals surface area contributed by atoms with E-state index in [1.807, 2.05) is 0 Å². The molecule has 2 fully saturated rings. The lowest BCUT2D eigenvalue weighted by Gasteiger charge is -2.39. The molecule has 2 aromatic carbocycles. The van der Waals surface area contributed by atoms with Crippen molar-refractivity contribution in [2.75, 3.05) is 32.8 Å². The molecule has 0 spiro atoms. The Hall–Kier alpha value is -1.68. The van der Waals surface area contributed by atoms with Crippen molar-refractivity contribution in [1.29, 1.82) is 0 Å². The van der Waals surface area contributed by atoms with E-state index in [1.54, 1.807) is 0 Å². The van der Waals surface area contributed by atoms with Crippen LogP contribution in [0.25, 0.3) is 0 Å². The molecule has 3 heteroatoms. The minimum atomic E-state index is 0.220. The maximum atomic E-state index is 5.68. The number of nitrogens with one attached hydrogen (secondary N) is 1. The molecule has 2 aliphatic heterocycles. The van der Waals surface area contributed by atoms with Crippen LogP contribution in [0.15, 0.2) is 60.7 Å². The molecule has 2 heterocycles. The lowest BCUT2D eigenvalue weighted by Crippen LogP contribution is -2.46. The minimum absolute atomic E-state index is 0.220. The molecule has 3 nitrogen and oxygen atoms in total. The molecule has 2 aromatic rings. The number of rotatable bonds is 6. The van der Waals surface area contributed by atoms with Crippen molar-refractivity contribution in [2.24, 2.45) is 0 Å². The fraction of sp³-hybridized carbons (Fsp3) is 0.500. The van der Waals surface area contributed by atoms with Gasteiger partial charge in [0, 0.05) is 50.3 Å². The zero-order valence-electron chi connectivity index (χ0n) is 16.4. The molecule has 0 unspecified atom stereocenters. The van der Waals surface area contributed by atoms with Crippen molar-refractivity contribution in [3.63, 3.8) is 0 Å². The Morgan fingerprint density at radius 1 is 1.04 bits per heavy atom. The number of benzene rings is 2. The van der Waals surface area contributed by atoms with E-state index in [0.29, 0.717) is 12.1 Å². The molecule has 2 atom stereocenters. The summed E-state index contributed by atoms with van der Waals surface area (Å²) in [6.45, 7) is 7.45. The van der Waals surface area contributed by atoms with Crippen LogP contribution < -0.4 is 5.32 Å². The van der Waals surface area contributed by atoms with E-state index in [4.69, 9.17) is 4.74 Å². The first-order chi connectivity index (χ1) is 13.3. The van der Waals surface area contributed by atoms with Gasteiger partial charge in [0.25, 0.3) is 0 Å². The van der Waals surface area contributed by atoms with Gasteiger partial charge in [-0.25, -0.2) is 0 Å². The Kier molecular flexibility index (Phi) is 5.92. The Labute approximate surface area is 163 Å². The number of hydrogen-bond acceptors (Lipinski definition) is 3. The second-order valence-corrected chi connectivity index (χ2v) is 8.21. The van der Waals surface area contributed by atoms with Crippen LogP contribution in [0.4, 0.5) is 0 Å². The summed E-state index contributed by atoms with van der Waals surface area (Å²) in [6.07, 6.45) is 3.46. The quantitative estimate of drug-likeness (QED) is 0.833. The van der Waals surface area contributed by atoms with E-state index in [2.05, 4.69) is 77.8 Å². The molecule has 0 saturated carbocycles. The second kappa shape index (κ2) is 8.55.